The number of hydrogen-bond acceptors (Lipinski definition) is 5. The third-order valence-corrected chi connectivity index (χ3v) is 10.0. The van der Waals surface area contributed by atoms with Crippen LogP contribution >= 0.6 is 0 Å². The Hall–Kier alpha value is -4.24. The van der Waals surface area contributed by atoms with E-state index in [9.17, 15) is 19.8 Å². The van der Waals surface area contributed by atoms with Crippen LogP contribution in [0.4, 0.5) is 0 Å². The monoisotopic (exact) mass is 640 g/mol. The van der Waals surface area contributed by atoms with E-state index < -0.39 is 11.9 Å². The maximum absolute atomic E-state index is 12.6. The number of carboxylic acid groups (broad SMARTS) is 2. The second-order valence-electron chi connectivity index (χ2n) is 13.0. The molecule has 0 aromatic carbocycles. The number of nitrogens with one attached hydrogen (secondary N) is 2. The zero-order valence-electron chi connectivity index (χ0n) is 28.8. The fraction of sp³-hybridized carbons (Fsp3) is 0.474. The number of fused-ring (bicyclic) bond motifs is 8. The van der Waals surface area contributed by atoms with E-state index in [1.807, 2.05) is 13.0 Å². The molecular formula is C38H48N4O5. The van der Waals surface area contributed by atoms with E-state index in [0.29, 0.717) is 47.9 Å². The van der Waals surface area contributed by atoms with Crippen LogP contribution in [0.15, 0.2) is 18.2 Å². The molecule has 3 aromatic rings. The van der Waals surface area contributed by atoms with Gasteiger partial charge in [-0.25, -0.2) is 9.78 Å². The van der Waals surface area contributed by atoms with Crippen molar-refractivity contribution in [3.05, 3.63) is 68.8 Å². The summed E-state index contributed by atoms with van der Waals surface area (Å²) in [6, 6.07) is 6.15. The number of carbonyl (C=O) groups is 2. The number of carboxylic acids is 2. The van der Waals surface area contributed by atoms with Gasteiger partial charge in [0.2, 0.25) is 0 Å². The maximum atomic E-state index is 12.6. The van der Waals surface area contributed by atoms with Gasteiger partial charge >= 0.3 is 11.9 Å². The molecule has 0 aliphatic carbocycles. The quantitative estimate of drug-likeness (QED) is 0.145. The van der Waals surface area contributed by atoms with E-state index in [1.165, 1.54) is 12.8 Å². The molecule has 2 atom stereocenters. The summed E-state index contributed by atoms with van der Waals surface area (Å²) in [4.78, 5) is 41.6. The first-order valence-electron chi connectivity index (χ1n) is 16.9. The van der Waals surface area contributed by atoms with Crippen LogP contribution in [-0.2, 0) is 27.4 Å². The highest BCUT2D eigenvalue weighted by Crippen LogP contribution is 2.43. The van der Waals surface area contributed by atoms with Crippen LogP contribution < -0.4 is 0 Å². The van der Waals surface area contributed by atoms with Crippen LogP contribution in [0.2, 0.25) is 0 Å². The van der Waals surface area contributed by atoms with Gasteiger partial charge in [0.15, 0.2) is 0 Å². The Labute approximate surface area is 276 Å². The van der Waals surface area contributed by atoms with Crippen molar-refractivity contribution >= 4 is 45.2 Å². The SMILES string of the molecule is CCCCCCOCc1c(C)c2cc3nc(c(C)c4nc(cc5[nH]c(cc1[nH]2)c(C)c5CC)C(C)=C4C(=O)O)[C@@H](CCC(=O)O)[C@@H]3C. The lowest BCUT2D eigenvalue weighted by Crippen LogP contribution is -2.08. The average molecular weight is 641 g/mol. The molecule has 9 heteroatoms. The molecule has 8 bridgehead atoms. The minimum absolute atomic E-state index is 0.0126. The molecule has 3 aromatic heterocycles. The predicted octanol–water partition coefficient (Wildman–Crippen LogP) is 8.67. The van der Waals surface area contributed by atoms with E-state index in [2.05, 4.69) is 56.7 Å². The zero-order valence-corrected chi connectivity index (χ0v) is 28.8. The minimum atomic E-state index is -1.05. The summed E-state index contributed by atoms with van der Waals surface area (Å²) in [7, 11) is 0. The summed E-state index contributed by atoms with van der Waals surface area (Å²) in [5, 5.41) is 19.9. The van der Waals surface area contributed by atoms with Gasteiger partial charge in [-0.1, -0.05) is 40.0 Å². The lowest BCUT2D eigenvalue weighted by Gasteiger charge is -2.16. The van der Waals surface area contributed by atoms with Gasteiger partial charge in [0.1, 0.15) is 0 Å². The number of hydrogen-bond donors (Lipinski definition) is 4. The smallest absolute Gasteiger partial charge is 0.338 e. The molecule has 2 aliphatic heterocycles. The Balaban J connectivity index is 1.83. The first kappa shape index (κ1) is 34.1. The third kappa shape index (κ3) is 6.77. The first-order chi connectivity index (χ1) is 22.5. The van der Waals surface area contributed by atoms with E-state index in [1.54, 1.807) is 6.92 Å². The van der Waals surface area contributed by atoms with Crippen molar-refractivity contribution in [2.75, 3.05) is 6.61 Å². The summed E-state index contributed by atoms with van der Waals surface area (Å²) in [5.41, 5.74) is 12.1. The predicted molar refractivity (Wildman–Crippen MR) is 187 cm³/mol. The van der Waals surface area contributed by atoms with Crippen molar-refractivity contribution in [3.8, 4) is 0 Å². The van der Waals surface area contributed by atoms with E-state index in [4.69, 9.17) is 14.7 Å². The molecule has 0 saturated heterocycles. The van der Waals surface area contributed by atoms with Gasteiger partial charge in [0, 0.05) is 63.9 Å². The third-order valence-electron chi connectivity index (χ3n) is 10.0. The van der Waals surface area contributed by atoms with Crippen LogP contribution in [-0.4, -0.2) is 48.7 Å². The number of aliphatic carboxylic acids is 2. The zero-order chi connectivity index (χ0) is 34.0. The van der Waals surface area contributed by atoms with Crippen molar-refractivity contribution in [3.63, 3.8) is 0 Å². The van der Waals surface area contributed by atoms with Crippen LogP contribution in [0.3, 0.4) is 0 Å². The fourth-order valence-electron chi connectivity index (χ4n) is 7.09. The van der Waals surface area contributed by atoms with Crippen molar-refractivity contribution in [1.82, 2.24) is 19.9 Å². The number of unbranched alkanes of at least 4 members (excludes halogenated alkanes) is 3. The van der Waals surface area contributed by atoms with Crippen molar-refractivity contribution in [2.45, 2.75) is 112 Å². The number of allylic oxidation sites excluding steroid dienone is 1. The van der Waals surface area contributed by atoms with Gasteiger partial charge in [0.05, 0.1) is 23.6 Å². The molecule has 5 heterocycles. The molecule has 250 valence electrons. The summed E-state index contributed by atoms with van der Waals surface area (Å²) in [6.45, 7) is 15.5. The number of H-pyrrole nitrogens is 2. The Morgan fingerprint density at radius 3 is 2.19 bits per heavy atom. The van der Waals surface area contributed by atoms with Crippen molar-refractivity contribution < 1.29 is 24.5 Å². The highest BCUT2D eigenvalue weighted by atomic mass is 16.5. The molecule has 5 rings (SSSR count). The van der Waals surface area contributed by atoms with Gasteiger partial charge in [0.25, 0.3) is 0 Å². The molecule has 0 unspecified atom stereocenters. The molecular weight excluding hydrogens is 592 g/mol. The fourth-order valence-corrected chi connectivity index (χ4v) is 7.09. The van der Waals surface area contributed by atoms with Crippen molar-refractivity contribution in [2.24, 2.45) is 0 Å². The van der Waals surface area contributed by atoms with E-state index >= 15 is 0 Å². The van der Waals surface area contributed by atoms with Crippen LogP contribution in [0.25, 0.3) is 33.2 Å². The number of ether oxygens (including phenoxy) is 1. The number of aromatic nitrogens is 4. The van der Waals surface area contributed by atoms with E-state index in [-0.39, 0.29) is 23.8 Å². The highest BCUT2D eigenvalue weighted by Gasteiger charge is 2.33. The Morgan fingerprint density at radius 2 is 1.53 bits per heavy atom. The molecule has 9 nitrogen and oxygen atoms in total. The average Bonchev–Trinajstić information content (AvgIpc) is 3.71. The molecule has 0 amide bonds. The summed E-state index contributed by atoms with van der Waals surface area (Å²) < 4.78 is 6.22. The summed E-state index contributed by atoms with van der Waals surface area (Å²) in [5.74, 6) is -2.21. The van der Waals surface area contributed by atoms with Crippen molar-refractivity contribution in [1.29, 1.82) is 0 Å². The Kier molecular flexibility index (Phi) is 10.3. The summed E-state index contributed by atoms with van der Waals surface area (Å²) in [6.07, 6.45) is 5.74. The number of aryl methyl sites for hydroxylation is 3. The normalized spacial score (nSPS) is 16.2. The van der Waals surface area contributed by atoms with Crippen LogP contribution in [0.1, 0.15) is 129 Å². The molecule has 2 aliphatic rings. The number of aromatic amines is 2. The van der Waals surface area contributed by atoms with Gasteiger partial charge in [-0.2, -0.15) is 0 Å². The lowest BCUT2D eigenvalue weighted by molar-refractivity contribution is -0.137. The Bertz CT molecular complexity index is 1900. The molecule has 0 saturated carbocycles. The second-order valence-corrected chi connectivity index (χ2v) is 13.0. The van der Waals surface area contributed by atoms with Crippen LogP contribution in [0, 0.1) is 20.8 Å². The summed E-state index contributed by atoms with van der Waals surface area (Å²) >= 11 is 0. The molecule has 0 spiro atoms. The minimum Gasteiger partial charge on any atom is -0.481 e. The van der Waals surface area contributed by atoms with E-state index in [0.717, 1.165) is 69.3 Å². The van der Waals surface area contributed by atoms with Gasteiger partial charge < -0.3 is 24.9 Å². The highest BCUT2D eigenvalue weighted by molar-refractivity contribution is 6.24. The van der Waals surface area contributed by atoms with Crippen LogP contribution in [0.5, 0.6) is 0 Å². The van der Waals surface area contributed by atoms with Gasteiger partial charge in [-0.05, 0) is 93.0 Å². The molecule has 0 radical (unpaired) electrons. The molecule has 47 heavy (non-hydrogen) atoms. The first-order valence-corrected chi connectivity index (χ1v) is 16.9. The maximum Gasteiger partial charge on any atom is 0.338 e. The number of nitrogens with zero attached hydrogens (tertiary/aromatic N) is 2. The van der Waals surface area contributed by atoms with Gasteiger partial charge in [-0.3, -0.25) is 9.78 Å². The standard InChI is InChI=1S/C38H48N4O5/c1-8-10-11-12-15-47-19-27-22(5)28-16-30-21(4)26(13-14-34(43)44)36(41-30)24(7)37-35(38(45)46)23(6)31(42-37)18-32-25(9-2)20(3)29(39-32)17-33(27)40-28/h16-18,21,26,39-40H,8-15,19H2,1-7H3,(H,43,44)(H,45,46)/t21-,26-/m0/s1. The molecule has 4 N–H and O–H groups in total. The van der Waals surface area contributed by atoms with Gasteiger partial charge in [-0.15, -0.1) is 0 Å². The Morgan fingerprint density at radius 1 is 0.851 bits per heavy atom. The second kappa shape index (κ2) is 14.3. The lowest BCUT2D eigenvalue weighted by atomic mass is 9.85. The topological polar surface area (TPSA) is 141 Å². The molecule has 0 fully saturated rings. The number of rotatable bonds is 12. The largest absolute Gasteiger partial charge is 0.481 e.